The van der Waals surface area contributed by atoms with Gasteiger partial charge in [-0.15, -0.1) is 0 Å². The molecular weight excluding hydrogens is 540 g/mol. The summed E-state index contributed by atoms with van der Waals surface area (Å²) in [6.07, 6.45) is 9.43. The maximum absolute atomic E-state index is 11.3. The molecule has 0 saturated carbocycles. The normalized spacial score (nSPS) is 14.0. The first kappa shape index (κ1) is 28.6. The van der Waals surface area contributed by atoms with Gasteiger partial charge in [-0.3, -0.25) is 9.59 Å². The van der Waals surface area contributed by atoms with Crippen LogP contribution >= 0.6 is 0 Å². The lowest BCUT2D eigenvalue weighted by atomic mass is 10.00. The molecule has 1 aliphatic rings. The van der Waals surface area contributed by atoms with Crippen molar-refractivity contribution in [3.63, 3.8) is 0 Å². The highest BCUT2D eigenvalue weighted by molar-refractivity contribution is 5.82. The number of hydrogen-bond acceptors (Lipinski definition) is 4. The van der Waals surface area contributed by atoms with Gasteiger partial charge in [0.05, 0.1) is 0 Å². The van der Waals surface area contributed by atoms with Crippen LogP contribution < -0.4 is 9.80 Å². The van der Waals surface area contributed by atoms with Crippen LogP contribution in [0.1, 0.15) is 39.6 Å². The van der Waals surface area contributed by atoms with Crippen molar-refractivity contribution < 1.29 is 9.59 Å². The minimum absolute atomic E-state index is 0.515. The van der Waals surface area contributed by atoms with Gasteiger partial charge >= 0.3 is 0 Å². The highest BCUT2D eigenvalue weighted by Gasteiger charge is 2.17. The number of hydrogen-bond donors (Lipinski definition) is 0. The van der Waals surface area contributed by atoms with Crippen LogP contribution in [-0.4, -0.2) is 12.6 Å². The number of aryl methyl sites for hydroxylation is 1. The van der Waals surface area contributed by atoms with E-state index in [0.29, 0.717) is 17.0 Å². The summed E-state index contributed by atoms with van der Waals surface area (Å²) in [5.41, 5.74) is 11.0. The number of rotatable bonds is 9. The van der Waals surface area contributed by atoms with Crippen molar-refractivity contribution in [1.82, 2.24) is 0 Å². The summed E-state index contributed by atoms with van der Waals surface area (Å²) >= 11 is 0. The zero-order valence-electron chi connectivity index (χ0n) is 24.9. The Balaban J connectivity index is 1.30. The first-order valence-corrected chi connectivity index (χ1v) is 14.9. The van der Waals surface area contributed by atoms with Gasteiger partial charge in [-0.2, -0.15) is 0 Å². The summed E-state index contributed by atoms with van der Waals surface area (Å²) in [5.74, 6) is 0.515. The minimum Gasteiger partial charge on any atom is -0.311 e. The molecule has 0 radical (unpaired) electrons. The van der Waals surface area contributed by atoms with Crippen molar-refractivity contribution in [2.45, 2.75) is 20.3 Å². The molecule has 0 bridgehead atoms. The van der Waals surface area contributed by atoms with E-state index < -0.39 is 0 Å². The van der Waals surface area contributed by atoms with Crippen molar-refractivity contribution in [1.29, 1.82) is 0 Å². The fraction of sp³-hybridized carbons (Fsp3) is 0.100. The summed E-state index contributed by atoms with van der Waals surface area (Å²) in [6.45, 7) is 4.30. The average Bonchev–Trinajstić information content (AvgIpc) is 3.08. The fourth-order valence-corrected chi connectivity index (χ4v) is 5.48. The predicted octanol–water partition coefficient (Wildman–Crippen LogP) is 10.4. The van der Waals surface area contributed by atoms with Gasteiger partial charge in [0.25, 0.3) is 0 Å². The Labute approximate surface area is 259 Å². The lowest BCUT2D eigenvalue weighted by Gasteiger charge is -2.28. The Kier molecular flexibility index (Phi) is 8.33. The van der Waals surface area contributed by atoms with Gasteiger partial charge in [-0.05, 0) is 121 Å². The van der Waals surface area contributed by atoms with Gasteiger partial charge in [0.1, 0.15) is 12.6 Å². The second-order valence-electron chi connectivity index (χ2n) is 11.2. The molecule has 1 unspecified atom stereocenters. The molecule has 0 aromatic heterocycles. The van der Waals surface area contributed by atoms with Gasteiger partial charge in [0.2, 0.25) is 0 Å². The van der Waals surface area contributed by atoms with Crippen molar-refractivity contribution in [2.75, 3.05) is 9.80 Å². The SMILES string of the molecule is Cc1ccc(N(c2ccc(C=O)cc2)c2ccc(-c3ccc(N(C4=CCC(C)C=C4)c4ccc(C=O)cc4)cc3)cc2)cc1. The second kappa shape index (κ2) is 12.8. The van der Waals surface area contributed by atoms with E-state index in [0.717, 1.165) is 64.3 Å². The van der Waals surface area contributed by atoms with Crippen molar-refractivity contribution in [3.05, 3.63) is 162 Å². The number of aldehydes is 2. The first-order chi connectivity index (χ1) is 21.5. The molecule has 6 rings (SSSR count). The molecule has 5 aromatic carbocycles. The number of allylic oxidation sites excluding steroid dienone is 3. The largest absolute Gasteiger partial charge is 0.311 e. The average molecular weight is 575 g/mol. The van der Waals surface area contributed by atoms with Crippen molar-refractivity contribution in [2.24, 2.45) is 5.92 Å². The third-order valence-corrected chi connectivity index (χ3v) is 8.00. The molecular formula is C40H34N2O2. The molecule has 0 saturated heterocycles. The Hall–Kier alpha value is -5.48. The van der Waals surface area contributed by atoms with Crippen LogP contribution in [0.15, 0.2) is 145 Å². The van der Waals surface area contributed by atoms with E-state index in [1.165, 1.54) is 5.56 Å². The third kappa shape index (κ3) is 6.16. The van der Waals surface area contributed by atoms with Crippen LogP contribution in [0.4, 0.5) is 28.4 Å². The molecule has 0 fully saturated rings. The standard InChI is InChI=1S/C40H34N2O2/c1-29-3-15-35(16-4-29)41(37-19-7-31(27-43)8-20-37)39-23-11-33(12-24-39)34-13-25-40(26-14-34)42(36-17-5-30(2)6-18-36)38-21-9-32(28-44)10-22-38/h3-5,7-28,30H,6H2,1-2H3. The van der Waals surface area contributed by atoms with Crippen LogP contribution in [0, 0.1) is 12.8 Å². The van der Waals surface area contributed by atoms with Gasteiger partial charge in [-0.1, -0.05) is 61.0 Å². The van der Waals surface area contributed by atoms with E-state index >= 15 is 0 Å². The summed E-state index contributed by atoms with van der Waals surface area (Å²) in [6, 6.07) is 41.0. The molecule has 4 nitrogen and oxygen atoms in total. The van der Waals surface area contributed by atoms with Crippen LogP contribution in [-0.2, 0) is 0 Å². The van der Waals surface area contributed by atoms with Crippen molar-refractivity contribution >= 4 is 41.0 Å². The lowest BCUT2D eigenvalue weighted by molar-refractivity contribution is 0.111. The Morgan fingerprint density at radius 1 is 0.545 bits per heavy atom. The zero-order valence-corrected chi connectivity index (χ0v) is 24.9. The number of carbonyl (C=O) groups is 2. The molecule has 0 heterocycles. The maximum atomic E-state index is 11.3. The van der Waals surface area contributed by atoms with Crippen LogP contribution in [0.2, 0.25) is 0 Å². The second-order valence-corrected chi connectivity index (χ2v) is 11.2. The molecule has 4 heteroatoms. The minimum atomic E-state index is 0.515. The molecule has 5 aromatic rings. The summed E-state index contributed by atoms with van der Waals surface area (Å²) in [7, 11) is 0. The highest BCUT2D eigenvalue weighted by atomic mass is 16.1. The predicted molar refractivity (Wildman–Crippen MR) is 182 cm³/mol. The van der Waals surface area contributed by atoms with Gasteiger partial charge in [0, 0.05) is 45.3 Å². The monoisotopic (exact) mass is 574 g/mol. The smallest absolute Gasteiger partial charge is 0.150 e. The first-order valence-electron chi connectivity index (χ1n) is 14.9. The van der Waals surface area contributed by atoms with Gasteiger partial charge < -0.3 is 9.80 Å². The molecule has 0 aliphatic heterocycles. The van der Waals surface area contributed by atoms with E-state index in [9.17, 15) is 9.59 Å². The molecule has 0 amide bonds. The van der Waals surface area contributed by atoms with E-state index in [1.54, 1.807) is 0 Å². The number of anilines is 5. The Bertz CT molecular complexity index is 1800. The van der Waals surface area contributed by atoms with Crippen LogP contribution in [0.25, 0.3) is 11.1 Å². The number of benzene rings is 5. The third-order valence-electron chi connectivity index (χ3n) is 8.00. The van der Waals surface area contributed by atoms with Crippen LogP contribution in [0.3, 0.4) is 0 Å². The lowest BCUT2D eigenvalue weighted by Crippen LogP contribution is -2.17. The quantitative estimate of drug-likeness (QED) is 0.164. The van der Waals surface area contributed by atoms with E-state index in [2.05, 4.69) is 115 Å². The topological polar surface area (TPSA) is 40.6 Å². The molecule has 44 heavy (non-hydrogen) atoms. The maximum Gasteiger partial charge on any atom is 0.150 e. The van der Waals surface area contributed by atoms with Gasteiger partial charge in [0.15, 0.2) is 0 Å². The van der Waals surface area contributed by atoms with Crippen LogP contribution in [0.5, 0.6) is 0 Å². The molecule has 216 valence electrons. The molecule has 0 N–H and O–H groups in total. The van der Waals surface area contributed by atoms with E-state index in [-0.39, 0.29) is 0 Å². The fourth-order valence-electron chi connectivity index (χ4n) is 5.48. The number of nitrogens with zero attached hydrogens (tertiary/aromatic N) is 2. The number of carbonyl (C=O) groups excluding carboxylic acids is 2. The molecule has 1 aliphatic carbocycles. The summed E-state index contributed by atoms with van der Waals surface area (Å²) < 4.78 is 0. The summed E-state index contributed by atoms with van der Waals surface area (Å²) in [4.78, 5) is 26.9. The van der Waals surface area contributed by atoms with Gasteiger partial charge in [-0.25, -0.2) is 0 Å². The van der Waals surface area contributed by atoms with Crippen molar-refractivity contribution in [3.8, 4) is 11.1 Å². The molecule has 1 atom stereocenters. The van der Waals surface area contributed by atoms with E-state index in [4.69, 9.17) is 0 Å². The Morgan fingerprint density at radius 3 is 1.32 bits per heavy atom. The van der Waals surface area contributed by atoms with E-state index in [1.807, 2.05) is 48.5 Å². The molecule has 0 spiro atoms. The summed E-state index contributed by atoms with van der Waals surface area (Å²) in [5, 5.41) is 0. The highest BCUT2D eigenvalue weighted by Crippen LogP contribution is 2.37. The Morgan fingerprint density at radius 2 is 0.932 bits per heavy atom. The zero-order chi connectivity index (χ0) is 30.5.